The van der Waals surface area contributed by atoms with Crippen LogP contribution in [-0.2, 0) is 0 Å². The molecule has 0 saturated heterocycles. The van der Waals surface area contributed by atoms with Gasteiger partial charge in [-0.15, -0.1) is 0 Å². The molecule has 94 valence electrons. The Morgan fingerprint density at radius 3 is 3.06 bits per heavy atom. The third kappa shape index (κ3) is 2.14. The van der Waals surface area contributed by atoms with Crippen LogP contribution in [0.5, 0.6) is 0 Å². The van der Waals surface area contributed by atoms with Crippen molar-refractivity contribution in [3.63, 3.8) is 0 Å². The average molecular weight is 268 g/mol. The predicted octanol–water partition coefficient (Wildman–Crippen LogP) is 1.31. The summed E-state index contributed by atoms with van der Waals surface area (Å²) in [4.78, 5) is 29.9. The normalized spacial score (nSPS) is 10.6. The molecule has 2 heterocycles. The average Bonchev–Trinajstić information content (AvgIpc) is 2.63. The molecule has 2 N–H and O–H groups in total. The molecule has 0 aliphatic heterocycles. The van der Waals surface area contributed by atoms with Crippen LogP contribution in [0.4, 0.5) is 0 Å². The molecule has 0 aromatic carbocycles. The third-order valence-electron chi connectivity index (χ3n) is 2.34. The second-order valence-corrected chi connectivity index (χ2v) is 4.18. The summed E-state index contributed by atoms with van der Waals surface area (Å²) in [5, 5.41) is 2.96. The lowest BCUT2D eigenvalue weighted by Crippen LogP contribution is -2.26. The van der Waals surface area contributed by atoms with Gasteiger partial charge in [-0.2, -0.15) is 0 Å². The Labute approximate surface area is 107 Å². The van der Waals surface area contributed by atoms with Crippen molar-refractivity contribution >= 4 is 28.6 Å². The molecule has 0 radical (unpaired) electrons. The Kier molecular flexibility index (Phi) is 3.20. The highest BCUT2D eigenvalue weighted by Gasteiger charge is 2.21. The third-order valence-corrected chi connectivity index (χ3v) is 2.47. The molecule has 0 spiro atoms. The zero-order chi connectivity index (χ0) is 13.3. The van der Waals surface area contributed by atoms with Gasteiger partial charge in [0.05, 0.1) is 18.4 Å². The van der Waals surface area contributed by atoms with Gasteiger partial charge < -0.3 is 14.7 Å². The van der Waals surface area contributed by atoms with Gasteiger partial charge in [-0.25, -0.2) is 4.98 Å². The van der Waals surface area contributed by atoms with Crippen LogP contribution in [0.1, 0.15) is 16.1 Å². The maximum atomic E-state index is 11.9. The highest BCUT2D eigenvalue weighted by atomic mass is 35.5. The molecule has 2 aromatic rings. The standard InChI is InChI=1S/C11H10ClN3O3/c1-5(12)3-13-9(16)7-6(2)18-11-8(7)10(17)14-4-15-11/h4H,1,3H2,2H3,(H,13,16)(H,14,15,17). The Balaban J connectivity index is 2.50. The smallest absolute Gasteiger partial charge is 0.262 e. The molecule has 1 amide bonds. The minimum absolute atomic E-state index is 0.116. The van der Waals surface area contributed by atoms with Crippen LogP contribution in [-0.4, -0.2) is 22.4 Å². The summed E-state index contributed by atoms with van der Waals surface area (Å²) < 4.78 is 5.26. The molecule has 0 aliphatic carbocycles. The van der Waals surface area contributed by atoms with E-state index < -0.39 is 11.5 Å². The van der Waals surface area contributed by atoms with Gasteiger partial charge in [0.15, 0.2) is 0 Å². The second-order valence-electron chi connectivity index (χ2n) is 3.65. The van der Waals surface area contributed by atoms with Crippen molar-refractivity contribution in [3.8, 4) is 0 Å². The minimum atomic E-state index is -0.452. The number of aryl methyl sites for hydroxylation is 1. The van der Waals surface area contributed by atoms with Crippen molar-refractivity contribution in [2.45, 2.75) is 6.92 Å². The van der Waals surface area contributed by atoms with Gasteiger partial charge in [0.25, 0.3) is 11.5 Å². The van der Waals surface area contributed by atoms with Gasteiger partial charge in [-0.05, 0) is 6.92 Å². The number of H-pyrrole nitrogens is 1. The SMILES string of the molecule is C=C(Cl)CNC(=O)c1c(C)oc2nc[nH]c(=O)c12. The summed E-state index contributed by atoms with van der Waals surface area (Å²) in [6, 6.07) is 0. The van der Waals surface area contributed by atoms with E-state index in [2.05, 4.69) is 21.9 Å². The fraction of sp³-hybridized carbons (Fsp3) is 0.182. The van der Waals surface area contributed by atoms with Crippen LogP contribution >= 0.6 is 11.6 Å². The molecule has 2 aromatic heterocycles. The number of nitrogens with zero attached hydrogens (tertiary/aromatic N) is 1. The van der Waals surface area contributed by atoms with Crippen molar-refractivity contribution in [1.82, 2.24) is 15.3 Å². The van der Waals surface area contributed by atoms with E-state index in [9.17, 15) is 9.59 Å². The molecule has 18 heavy (non-hydrogen) atoms. The lowest BCUT2D eigenvalue weighted by Gasteiger charge is -2.02. The first-order valence-electron chi connectivity index (χ1n) is 5.09. The molecule has 0 unspecified atom stereocenters. The molecular weight excluding hydrogens is 258 g/mol. The fourth-order valence-corrected chi connectivity index (χ4v) is 1.66. The lowest BCUT2D eigenvalue weighted by atomic mass is 10.2. The van der Waals surface area contributed by atoms with Crippen LogP contribution in [0.25, 0.3) is 11.1 Å². The number of hydrogen-bond donors (Lipinski definition) is 2. The molecule has 7 heteroatoms. The van der Waals surface area contributed by atoms with Gasteiger partial charge in [0.1, 0.15) is 11.1 Å². The van der Waals surface area contributed by atoms with E-state index in [0.29, 0.717) is 10.8 Å². The summed E-state index contributed by atoms with van der Waals surface area (Å²) in [5.41, 5.74) is -0.130. The fourth-order valence-electron chi connectivity index (χ4n) is 1.59. The van der Waals surface area contributed by atoms with Crippen molar-refractivity contribution in [3.05, 3.63) is 39.6 Å². The van der Waals surface area contributed by atoms with E-state index in [0.717, 1.165) is 0 Å². The summed E-state index contributed by atoms with van der Waals surface area (Å²) in [5.74, 6) is -0.126. The first-order valence-corrected chi connectivity index (χ1v) is 5.46. The summed E-state index contributed by atoms with van der Waals surface area (Å²) >= 11 is 5.56. The maximum absolute atomic E-state index is 11.9. The van der Waals surface area contributed by atoms with Crippen LogP contribution in [0.2, 0.25) is 0 Å². The number of fused-ring (bicyclic) bond motifs is 1. The molecular formula is C11H10ClN3O3. The van der Waals surface area contributed by atoms with E-state index in [4.69, 9.17) is 16.0 Å². The maximum Gasteiger partial charge on any atom is 0.262 e. The monoisotopic (exact) mass is 267 g/mol. The summed E-state index contributed by atoms with van der Waals surface area (Å²) in [6.45, 7) is 5.16. The number of furan rings is 1. The number of carbonyl (C=O) groups is 1. The first-order chi connectivity index (χ1) is 8.50. The highest BCUT2D eigenvalue weighted by Crippen LogP contribution is 2.20. The van der Waals surface area contributed by atoms with Crippen LogP contribution in [0, 0.1) is 6.92 Å². The van der Waals surface area contributed by atoms with Crippen molar-refractivity contribution in [2.75, 3.05) is 6.54 Å². The van der Waals surface area contributed by atoms with Crippen LogP contribution < -0.4 is 10.9 Å². The van der Waals surface area contributed by atoms with Gasteiger partial charge in [0, 0.05) is 5.03 Å². The lowest BCUT2D eigenvalue weighted by molar-refractivity contribution is 0.0957. The minimum Gasteiger partial charge on any atom is -0.442 e. The molecule has 0 atom stereocenters. The summed E-state index contributed by atoms with van der Waals surface area (Å²) in [6.07, 6.45) is 1.22. The topological polar surface area (TPSA) is 88.0 Å². The van der Waals surface area contributed by atoms with Crippen molar-refractivity contribution in [1.29, 1.82) is 0 Å². The van der Waals surface area contributed by atoms with Gasteiger partial charge >= 0.3 is 0 Å². The molecule has 0 aliphatic rings. The van der Waals surface area contributed by atoms with Crippen molar-refractivity contribution in [2.24, 2.45) is 0 Å². The number of aromatic nitrogens is 2. The second kappa shape index (κ2) is 4.66. The number of hydrogen-bond acceptors (Lipinski definition) is 4. The molecule has 0 fully saturated rings. The molecule has 2 rings (SSSR count). The number of nitrogens with one attached hydrogen (secondary N) is 2. The van der Waals surface area contributed by atoms with E-state index >= 15 is 0 Å². The molecule has 6 nitrogen and oxygen atoms in total. The Hall–Kier alpha value is -2.08. The van der Waals surface area contributed by atoms with Gasteiger partial charge in [-0.3, -0.25) is 9.59 Å². The van der Waals surface area contributed by atoms with Gasteiger partial charge in [-0.1, -0.05) is 18.2 Å². The predicted molar refractivity (Wildman–Crippen MR) is 66.7 cm³/mol. The zero-order valence-corrected chi connectivity index (χ0v) is 10.3. The first kappa shape index (κ1) is 12.4. The Morgan fingerprint density at radius 2 is 2.39 bits per heavy atom. The van der Waals surface area contributed by atoms with Crippen LogP contribution in [0.15, 0.2) is 27.2 Å². The number of rotatable bonds is 3. The molecule has 0 saturated carbocycles. The highest BCUT2D eigenvalue weighted by molar-refractivity contribution is 6.29. The zero-order valence-electron chi connectivity index (χ0n) is 9.54. The number of halogens is 1. The number of carbonyl (C=O) groups excluding carboxylic acids is 1. The van der Waals surface area contributed by atoms with E-state index in [1.807, 2.05) is 0 Å². The number of amides is 1. The summed E-state index contributed by atoms with van der Waals surface area (Å²) in [7, 11) is 0. The Morgan fingerprint density at radius 1 is 1.67 bits per heavy atom. The number of aromatic amines is 1. The quantitative estimate of drug-likeness (QED) is 0.877. The molecule has 0 bridgehead atoms. The van der Waals surface area contributed by atoms with Gasteiger partial charge in [0.2, 0.25) is 5.71 Å². The van der Waals surface area contributed by atoms with E-state index in [-0.39, 0.29) is 23.2 Å². The largest absolute Gasteiger partial charge is 0.442 e. The Bertz CT molecular complexity index is 686. The van der Waals surface area contributed by atoms with Crippen LogP contribution in [0.3, 0.4) is 0 Å². The van der Waals surface area contributed by atoms with E-state index in [1.165, 1.54) is 6.33 Å². The van der Waals surface area contributed by atoms with E-state index in [1.54, 1.807) is 6.92 Å². The van der Waals surface area contributed by atoms with Crippen molar-refractivity contribution < 1.29 is 9.21 Å².